The molecule has 1 aliphatic rings. The molecule has 2 aromatic rings. The van der Waals surface area contributed by atoms with Gasteiger partial charge in [-0.1, -0.05) is 12.1 Å². The Hall–Kier alpha value is -2.36. The van der Waals surface area contributed by atoms with Crippen LogP contribution in [-0.2, 0) is 0 Å². The van der Waals surface area contributed by atoms with Gasteiger partial charge in [0.05, 0.1) is 4.92 Å². The molecule has 4 nitrogen and oxygen atoms in total. The van der Waals surface area contributed by atoms with Gasteiger partial charge in [0, 0.05) is 30.9 Å². The predicted octanol–water partition coefficient (Wildman–Crippen LogP) is 4.25. The first-order valence-corrected chi connectivity index (χ1v) is 7.34. The molecule has 0 radical (unpaired) electrons. The SMILES string of the molecule is O=[N+]([O-])c1ccc(-c2ccc(N3CCCCC3)cc2)cc1. The Morgan fingerprint density at radius 2 is 1.33 bits per heavy atom. The van der Waals surface area contributed by atoms with Crippen molar-refractivity contribution in [3.05, 3.63) is 58.6 Å². The molecule has 4 heteroatoms. The minimum Gasteiger partial charge on any atom is -0.372 e. The van der Waals surface area contributed by atoms with Crippen molar-refractivity contribution in [2.45, 2.75) is 19.3 Å². The van der Waals surface area contributed by atoms with Crippen molar-refractivity contribution in [3.8, 4) is 11.1 Å². The lowest BCUT2D eigenvalue weighted by molar-refractivity contribution is -0.384. The molecular weight excluding hydrogens is 264 g/mol. The largest absolute Gasteiger partial charge is 0.372 e. The van der Waals surface area contributed by atoms with E-state index in [1.54, 1.807) is 24.3 Å². The van der Waals surface area contributed by atoms with E-state index >= 15 is 0 Å². The number of rotatable bonds is 3. The molecule has 2 aromatic carbocycles. The highest BCUT2D eigenvalue weighted by molar-refractivity contribution is 5.67. The topological polar surface area (TPSA) is 46.4 Å². The molecule has 3 rings (SSSR count). The second kappa shape index (κ2) is 5.95. The summed E-state index contributed by atoms with van der Waals surface area (Å²) in [7, 11) is 0. The summed E-state index contributed by atoms with van der Waals surface area (Å²) in [6.07, 6.45) is 3.87. The highest BCUT2D eigenvalue weighted by Gasteiger charge is 2.11. The van der Waals surface area contributed by atoms with Crippen LogP contribution in [0.5, 0.6) is 0 Å². The normalized spacial score (nSPS) is 15.0. The maximum Gasteiger partial charge on any atom is 0.269 e. The van der Waals surface area contributed by atoms with Gasteiger partial charge in [0.25, 0.3) is 5.69 Å². The molecule has 1 heterocycles. The van der Waals surface area contributed by atoms with Crippen LogP contribution in [0.15, 0.2) is 48.5 Å². The molecule has 0 atom stereocenters. The van der Waals surface area contributed by atoms with Gasteiger partial charge in [-0.3, -0.25) is 10.1 Å². The van der Waals surface area contributed by atoms with E-state index in [4.69, 9.17) is 0 Å². The van der Waals surface area contributed by atoms with Gasteiger partial charge in [-0.2, -0.15) is 0 Å². The van der Waals surface area contributed by atoms with E-state index in [0.29, 0.717) is 0 Å². The smallest absolute Gasteiger partial charge is 0.269 e. The standard InChI is InChI=1S/C17H18N2O2/c20-19(21)17-10-6-15(7-11-17)14-4-8-16(9-5-14)18-12-2-1-3-13-18/h4-11H,1-3,12-13H2. The maximum absolute atomic E-state index is 10.7. The number of non-ortho nitro benzene ring substituents is 1. The monoisotopic (exact) mass is 282 g/mol. The molecule has 0 aliphatic carbocycles. The van der Waals surface area contributed by atoms with E-state index in [-0.39, 0.29) is 10.6 Å². The van der Waals surface area contributed by atoms with Gasteiger partial charge in [-0.25, -0.2) is 0 Å². The zero-order chi connectivity index (χ0) is 14.7. The first-order chi connectivity index (χ1) is 10.2. The Labute approximate surface area is 124 Å². The van der Waals surface area contributed by atoms with Gasteiger partial charge in [0.15, 0.2) is 0 Å². The highest BCUT2D eigenvalue weighted by Crippen LogP contribution is 2.26. The van der Waals surface area contributed by atoms with Crippen LogP contribution in [0.1, 0.15) is 19.3 Å². The van der Waals surface area contributed by atoms with Crippen molar-refractivity contribution in [3.63, 3.8) is 0 Å². The molecule has 108 valence electrons. The quantitative estimate of drug-likeness (QED) is 0.624. The second-order valence-corrected chi connectivity index (χ2v) is 5.40. The molecule has 0 unspecified atom stereocenters. The number of anilines is 1. The van der Waals surface area contributed by atoms with E-state index in [1.807, 2.05) is 0 Å². The fourth-order valence-corrected chi connectivity index (χ4v) is 2.79. The molecule has 1 aliphatic heterocycles. The Kier molecular flexibility index (Phi) is 3.86. The third-order valence-electron chi connectivity index (χ3n) is 4.00. The van der Waals surface area contributed by atoms with Crippen molar-refractivity contribution in [1.82, 2.24) is 0 Å². The van der Waals surface area contributed by atoms with Crippen molar-refractivity contribution in [2.75, 3.05) is 18.0 Å². The van der Waals surface area contributed by atoms with E-state index in [1.165, 1.54) is 24.9 Å². The molecule has 1 saturated heterocycles. The van der Waals surface area contributed by atoms with E-state index in [2.05, 4.69) is 29.2 Å². The third kappa shape index (κ3) is 3.05. The molecule has 0 spiro atoms. The zero-order valence-corrected chi connectivity index (χ0v) is 11.9. The maximum atomic E-state index is 10.7. The Morgan fingerprint density at radius 3 is 1.86 bits per heavy atom. The zero-order valence-electron chi connectivity index (χ0n) is 11.9. The summed E-state index contributed by atoms with van der Waals surface area (Å²) in [6, 6.07) is 15.2. The molecule has 0 amide bonds. The minimum absolute atomic E-state index is 0.128. The lowest BCUT2D eigenvalue weighted by Gasteiger charge is -2.28. The molecule has 0 saturated carbocycles. The van der Waals surface area contributed by atoms with Crippen LogP contribution in [0.4, 0.5) is 11.4 Å². The molecule has 0 N–H and O–H groups in total. The fourth-order valence-electron chi connectivity index (χ4n) is 2.79. The fraction of sp³-hybridized carbons (Fsp3) is 0.294. The van der Waals surface area contributed by atoms with Gasteiger partial charge in [0.2, 0.25) is 0 Å². The number of hydrogen-bond donors (Lipinski definition) is 0. The van der Waals surface area contributed by atoms with Gasteiger partial charge >= 0.3 is 0 Å². The summed E-state index contributed by atoms with van der Waals surface area (Å²) in [5.41, 5.74) is 3.49. The molecule has 1 fully saturated rings. The minimum atomic E-state index is -0.372. The lowest BCUT2D eigenvalue weighted by Crippen LogP contribution is -2.29. The molecule has 0 bridgehead atoms. The van der Waals surface area contributed by atoms with Crippen molar-refractivity contribution >= 4 is 11.4 Å². The van der Waals surface area contributed by atoms with Crippen LogP contribution >= 0.6 is 0 Å². The summed E-state index contributed by atoms with van der Waals surface area (Å²) in [4.78, 5) is 12.7. The summed E-state index contributed by atoms with van der Waals surface area (Å²) < 4.78 is 0. The first kappa shape index (κ1) is 13.6. The first-order valence-electron chi connectivity index (χ1n) is 7.34. The van der Waals surface area contributed by atoms with E-state index in [9.17, 15) is 10.1 Å². The van der Waals surface area contributed by atoms with Crippen LogP contribution in [-0.4, -0.2) is 18.0 Å². The molecule has 21 heavy (non-hydrogen) atoms. The number of nitro benzene ring substituents is 1. The predicted molar refractivity (Wildman–Crippen MR) is 84.6 cm³/mol. The summed E-state index contributed by atoms with van der Waals surface area (Å²) in [6.45, 7) is 2.27. The Bertz CT molecular complexity index is 614. The van der Waals surface area contributed by atoms with Crippen molar-refractivity contribution < 1.29 is 4.92 Å². The van der Waals surface area contributed by atoms with Crippen LogP contribution in [0.3, 0.4) is 0 Å². The number of piperidine rings is 1. The van der Waals surface area contributed by atoms with Crippen molar-refractivity contribution in [2.24, 2.45) is 0 Å². The Balaban J connectivity index is 1.78. The van der Waals surface area contributed by atoms with Crippen LogP contribution in [0.2, 0.25) is 0 Å². The number of hydrogen-bond acceptors (Lipinski definition) is 3. The van der Waals surface area contributed by atoms with Gasteiger partial charge in [-0.05, 0) is 54.7 Å². The number of benzene rings is 2. The molecular formula is C17H18N2O2. The third-order valence-corrected chi connectivity index (χ3v) is 4.00. The van der Waals surface area contributed by atoms with Crippen LogP contribution in [0.25, 0.3) is 11.1 Å². The van der Waals surface area contributed by atoms with Crippen LogP contribution in [0, 0.1) is 10.1 Å². The van der Waals surface area contributed by atoms with Crippen LogP contribution < -0.4 is 4.90 Å². The number of nitro groups is 1. The average molecular weight is 282 g/mol. The Morgan fingerprint density at radius 1 is 0.810 bits per heavy atom. The number of nitrogens with zero attached hydrogens (tertiary/aromatic N) is 2. The van der Waals surface area contributed by atoms with Gasteiger partial charge < -0.3 is 4.90 Å². The highest BCUT2D eigenvalue weighted by atomic mass is 16.6. The summed E-state index contributed by atoms with van der Waals surface area (Å²) in [5.74, 6) is 0. The molecule has 0 aromatic heterocycles. The summed E-state index contributed by atoms with van der Waals surface area (Å²) in [5, 5.41) is 10.7. The van der Waals surface area contributed by atoms with Gasteiger partial charge in [-0.15, -0.1) is 0 Å². The van der Waals surface area contributed by atoms with E-state index < -0.39 is 0 Å². The average Bonchev–Trinajstić information content (AvgIpc) is 2.56. The summed E-state index contributed by atoms with van der Waals surface area (Å²) >= 11 is 0. The van der Waals surface area contributed by atoms with Crippen molar-refractivity contribution in [1.29, 1.82) is 0 Å². The second-order valence-electron chi connectivity index (χ2n) is 5.40. The van der Waals surface area contributed by atoms with E-state index in [0.717, 1.165) is 24.2 Å². The lowest BCUT2D eigenvalue weighted by atomic mass is 10.0. The van der Waals surface area contributed by atoms with Gasteiger partial charge in [0.1, 0.15) is 0 Å².